The number of aromatic nitrogens is 2. The first-order valence-corrected chi connectivity index (χ1v) is 6.64. The molecule has 3 rings (SSSR count). The van der Waals surface area contributed by atoms with Gasteiger partial charge >= 0.3 is 0 Å². The van der Waals surface area contributed by atoms with E-state index >= 15 is 0 Å². The van der Waals surface area contributed by atoms with Gasteiger partial charge in [-0.25, -0.2) is 4.98 Å². The Labute approximate surface area is 111 Å². The van der Waals surface area contributed by atoms with Crippen LogP contribution in [0.2, 0.25) is 0 Å². The van der Waals surface area contributed by atoms with Crippen LogP contribution < -0.4 is 4.90 Å². The van der Waals surface area contributed by atoms with Crippen LogP contribution in [0.25, 0.3) is 0 Å². The van der Waals surface area contributed by atoms with Crippen molar-refractivity contribution in [2.45, 2.75) is 18.7 Å². The van der Waals surface area contributed by atoms with Gasteiger partial charge in [-0.15, -0.1) is 11.6 Å². The van der Waals surface area contributed by atoms with Crippen LogP contribution >= 0.6 is 11.6 Å². The molecule has 0 saturated carbocycles. The van der Waals surface area contributed by atoms with Crippen LogP contribution in [0.3, 0.4) is 0 Å². The Morgan fingerprint density at radius 3 is 2.83 bits per heavy atom. The van der Waals surface area contributed by atoms with E-state index in [1.807, 2.05) is 0 Å². The molecule has 0 unspecified atom stereocenters. The van der Waals surface area contributed by atoms with Gasteiger partial charge in [-0.05, 0) is 24.5 Å². The summed E-state index contributed by atoms with van der Waals surface area (Å²) in [6.45, 7) is 0.992. The summed E-state index contributed by atoms with van der Waals surface area (Å²) in [5, 5.41) is 0. The molecule has 1 aromatic carbocycles. The Morgan fingerprint density at radius 2 is 2.06 bits per heavy atom. The summed E-state index contributed by atoms with van der Waals surface area (Å²) in [5.41, 5.74) is 3.44. The molecular formula is C14H14ClN3. The van der Waals surface area contributed by atoms with E-state index in [4.69, 9.17) is 11.6 Å². The molecule has 0 amide bonds. The molecule has 18 heavy (non-hydrogen) atoms. The van der Waals surface area contributed by atoms with Crippen molar-refractivity contribution in [2.24, 2.45) is 0 Å². The van der Waals surface area contributed by atoms with Crippen LogP contribution in [-0.2, 0) is 12.3 Å². The lowest BCUT2D eigenvalue weighted by atomic mass is 10.0. The SMILES string of the molecule is ClCc1cnc(N2CCCc3ccccc32)cn1. The van der Waals surface area contributed by atoms with E-state index < -0.39 is 0 Å². The molecule has 1 aromatic heterocycles. The summed E-state index contributed by atoms with van der Waals surface area (Å²) in [5.74, 6) is 1.31. The molecule has 0 N–H and O–H groups in total. The molecule has 1 aliphatic rings. The molecule has 0 fully saturated rings. The van der Waals surface area contributed by atoms with E-state index in [0.717, 1.165) is 30.9 Å². The van der Waals surface area contributed by atoms with Crippen molar-refractivity contribution in [2.75, 3.05) is 11.4 Å². The molecule has 0 bridgehead atoms. The molecule has 2 heterocycles. The second-order valence-electron chi connectivity index (χ2n) is 4.38. The molecule has 2 aromatic rings. The minimum Gasteiger partial charge on any atom is -0.325 e. The number of hydrogen-bond acceptors (Lipinski definition) is 3. The number of para-hydroxylation sites is 1. The zero-order valence-corrected chi connectivity index (χ0v) is 10.8. The highest BCUT2D eigenvalue weighted by atomic mass is 35.5. The number of benzene rings is 1. The van der Waals surface area contributed by atoms with Crippen molar-refractivity contribution in [1.82, 2.24) is 9.97 Å². The van der Waals surface area contributed by atoms with Gasteiger partial charge in [0.05, 0.1) is 24.0 Å². The van der Waals surface area contributed by atoms with Crippen LogP contribution in [0.5, 0.6) is 0 Å². The number of anilines is 2. The summed E-state index contributed by atoms with van der Waals surface area (Å²) in [7, 11) is 0. The Hall–Kier alpha value is -1.61. The third-order valence-electron chi connectivity index (χ3n) is 3.22. The quantitative estimate of drug-likeness (QED) is 0.775. The predicted octanol–water partition coefficient (Wildman–Crippen LogP) is 3.30. The maximum atomic E-state index is 5.73. The summed E-state index contributed by atoms with van der Waals surface area (Å²) in [4.78, 5) is 11.0. The van der Waals surface area contributed by atoms with Gasteiger partial charge in [0.25, 0.3) is 0 Å². The number of fused-ring (bicyclic) bond motifs is 1. The van der Waals surface area contributed by atoms with Gasteiger partial charge in [-0.3, -0.25) is 4.98 Å². The fourth-order valence-electron chi connectivity index (χ4n) is 2.33. The topological polar surface area (TPSA) is 29.0 Å². The number of nitrogens with zero attached hydrogens (tertiary/aromatic N) is 3. The molecule has 0 saturated heterocycles. The Kier molecular flexibility index (Phi) is 3.15. The first-order valence-electron chi connectivity index (χ1n) is 6.11. The Morgan fingerprint density at radius 1 is 1.17 bits per heavy atom. The summed E-state index contributed by atoms with van der Waals surface area (Å²) in [6, 6.07) is 8.48. The third-order valence-corrected chi connectivity index (χ3v) is 3.49. The number of rotatable bonds is 2. The van der Waals surface area contributed by atoms with Crippen LogP contribution in [0.1, 0.15) is 17.7 Å². The zero-order valence-electron chi connectivity index (χ0n) is 10.0. The van der Waals surface area contributed by atoms with E-state index in [-0.39, 0.29) is 0 Å². The lowest BCUT2D eigenvalue weighted by Crippen LogP contribution is -2.25. The Bertz CT molecular complexity index is 539. The van der Waals surface area contributed by atoms with Crippen molar-refractivity contribution in [3.8, 4) is 0 Å². The second kappa shape index (κ2) is 4.94. The summed E-state index contributed by atoms with van der Waals surface area (Å²) in [6.07, 6.45) is 5.84. The smallest absolute Gasteiger partial charge is 0.151 e. The third kappa shape index (κ3) is 2.06. The van der Waals surface area contributed by atoms with Gasteiger partial charge in [-0.1, -0.05) is 18.2 Å². The van der Waals surface area contributed by atoms with E-state index in [1.165, 1.54) is 11.3 Å². The molecule has 92 valence electrons. The molecular weight excluding hydrogens is 246 g/mol. The number of aryl methyl sites for hydroxylation is 1. The van der Waals surface area contributed by atoms with Crippen molar-refractivity contribution in [3.63, 3.8) is 0 Å². The maximum Gasteiger partial charge on any atom is 0.151 e. The normalized spacial score (nSPS) is 14.4. The predicted molar refractivity (Wildman–Crippen MR) is 73.4 cm³/mol. The van der Waals surface area contributed by atoms with Crippen LogP contribution in [0.4, 0.5) is 11.5 Å². The lowest BCUT2D eigenvalue weighted by Gasteiger charge is -2.30. The van der Waals surface area contributed by atoms with Crippen molar-refractivity contribution < 1.29 is 0 Å². The average molecular weight is 260 g/mol. The summed E-state index contributed by atoms with van der Waals surface area (Å²) < 4.78 is 0. The van der Waals surface area contributed by atoms with E-state index in [9.17, 15) is 0 Å². The first kappa shape index (κ1) is 11.5. The molecule has 0 radical (unpaired) electrons. The van der Waals surface area contributed by atoms with E-state index in [1.54, 1.807) is 12.4 Å². The molecule has 0 atom stereocenters. The number of hydrogen-bond donors (Lipinski definition) is 0. The van der Waals surface area contributed by atoms with E-state index in [0.29, 0.717) is 5.88 Å². The highest BCUT2D eigenvalue weighted by molar-refractivity contribution is 6.16. The fraction of sp³-hybridized carbons (Fsp3) is 0.286. The number of halogens is 1. The van der Waals surface area contributed by atoms with E-state index in [2.05, 4.69) is 39.1 Å². The minimum absolute atomic E-state index is 0.407. The second-order valence-corrected chi connectivity index (χ2v) is 4.65. The highest BCUT2D eigenvalue weighted by Crippen LogP contribution is 2.31. The zero-order chi connectivity index (χ0) is 12.4. The molecule has 4 heteroatoms. The average Bonchev–Trinajstić information content (AvgIpc) is 2.47. The summed E-state index contributed by atoms with van der Waals surface area (Å²) >= 11 is 5.73. The molecule has 0 aliphatic carbocycles. The van der Waals surface area contributed by atoms with Gasteiger partial charge in [0.1, 0.15) is 0 Å². The first-order chi connectivity index (χ1) is 8.88. The van der Waals surface area contributed by atoms with Gasteiger partial charge in [-0.2, -0.15) is 0 Å². The fourth-order valence-corrected chi connectivity index (χ4v) is 2.47. The van der Waals surface area contributed by atoms with Crippen LogP contribution in [0.15, 0.2) is 36.7 Å². The van der Waals surface area contributed by atoms with Gasteiger partial charge < -0.3 is 4.90 Å². The monoisotopic (exact) mass is 259 g/mol. The minimum atomic E-state index is 0.407. The molecule has 0 spiro atoms. The lowest BCUT2D eigenvalue weighted by molar-refractivity contribution is 0.757. The van der Waals surface area contributed by atoms with Crippen molar-refractivity contribution >= 4 is 23.1 Å². The standard InChI is InChI=1S/C14H14ClN3/c15-8-12-9-17-14(10-16-12)18-7-3-5-11-4-1-2-6-13(11)18/h1-2,4,6,9-10H,3,5,7-8H2. The molecule has 3 nitrogen and oxygen atoms in total. The largest absolute Gasteiger partial charge is 0.325 e. The van der Waals surface area contributed by atoms with Crippen LogP contribution in [0, 0.1) is 0 Å². The van der Waals surface area contributed by atoms with Gasteiger partial charge in [0.2, 0.25) is 0 Å². The van der Waals surface area contributed by atoms with Crippen molar-refractivity contribution in [3.05, 3.63) is 47.9 Å². The van der Waals surface area contributed by atoms with Gasteiger partial charge in [0.15, 0.2) is 5.82 Å². The maximum absolute atomic E-state index is 5.73. The number of alkyl halides is 1. The Balaban J connectivity index is 1.97. The molecule has 1 aliphatic heterocycles. The van der Waals surface area contributed by atoms with Gasteiger partial charge in [0, 0.05) is 12.2 Å². The van der Waals surface area contributed by atoms with Crippen LogP contribution in [-0.4, -0.2) is 16.5 Å². The highest BCUT2D eigenvalue weighted by Gasteiger charge is 2.18. The van der Waals surface area contributed by atoms with Crippen molar-refractivity contribution in [1.29, 1.82) is 0 Å².